The Hall–Kier alpha value is -1.69. The summed E-state index contributed by atoms with van der Waals surface area (Å²) >= 11 is 4.34. The third-order valence-corrected chi connectivity index (χ3v) is 3.64. The number of carbonyl (C=O) groups is 2. The highest BCUT2D eigenvalue weighted by atomic mass is 32.1. The number of para-hydroxylation sites is 1. The third-order valence-electron chi connectivity index (χ3n) is 3.09. The first kappa shape index (κ1) is 14.7. The van der Waals surface area contributed by atoms with E-state index in [0.29, 0.717) is 5.75 Å². The van der Waals surface area contributed by atoms with Crippen molar-refractivity contribution >= 4 is 24.4 Å². The van der Waals surface area contributed by atoms with E-state index in [9.17, 15) is 9.59 Å². The Morgan fingerprint density at radius 3 is 2.60 bits per heavy atom. The van der Waals surface area contributed by atoms with Crippen LogP contribution >= 0.6 is 12.6 Å². The fraction of sp³-hybridized carbons (Fsp3) is 0.429. The number of amides is 2. The van der Waals surface area contributed by atoms with Gasteiger partial charge in [0.05, 0.1) is 0 Å². The van der Waals surface area contributed by atoms with Gasteiger partial charge in [-0.15, -0.1) is 0 Å². The standard InChI is InChI=1S/C14H18N2O3S/c1-9(2)16-13(18)12(14(16)20)15-11(17)8-19-10-6-4-3-5-7-10/h3-7,9,12,14,20H,8H2,1-2H3,(H,15,17)/t12?,14-/m1/s1. The SMILES string of the molecule is CC(C)N1C(=O)C(NC(=O)COc2ccccc2)[C@H]1S. The Morgan fingerprint density at radius 1 is 1.40 bits per heavy atom. The van der Waals surface area contributed by atoms with Crippen molar-refractivity contribution in [2.24, 2.45) is 0 Å². The van der Waals surface area contributed by atoms with Crippen molar-refractivity contribution in [1.82, 2.24) is 10.2 Å². The van der Waals surface area contributed by atoms with E-state index in [1.54, 1.807) is 17.0 Å². The summed E-state index contributed by atoms with van der Waals surface area (Å²) in [5.74, 6) is 0.191. The molecule has 1 fully saturated rings. The van der Waals surface area contributed by atoms with E-state index < -0.39 is 6.04 Å². The molecule has 1 heterocycles. The zero-order chi connectivity index (χ0) is 14.7. The van der Waals surface area contributed by atoms with Gasteiger partial charge in [-0.05, 0) is 26.0 Å². The van der Waals surface area contributed by atoms with Gasteiger partial charge in [0.2, 0.25) is 5.91 Å². The summed E-state index contributed by atoms with van der Waals surface area (Å²) in [6.07, 6.45) is 0. The molecular weight excluding hydrogens is 276 g/mol. The molecular formula is C14H18N2O3S. The van der Waals surface area contributed by atoms with Crippen LogP contribution in [0, 0.1) is 0 Å². The summed E-state index contributed by atoms with van der Waals surface area (Å²) in [7, 11) is 0. The zero-order valence-electron chi connectivity index (χ0n) is 11.4. The van der Waals surface area contributed by atoms with Gasteiger partial charge in [-0.25, -0.2) is 0 Å². The molecule has 1 aromatic rings. The molecule has 1 aromatic carbocycles. The number of β-lactam (4-membered cyclic amide) rings is 1. The fourth-order valence-electron chi connectivity index (χ4n) is 2.07. The number of hydrogen-bond acceptors (Lipinski definition) is 4. The second-order valence-corrected chi connectivity index (χ2v) is 5.43. The Morgan fingerprint density at radius 2 is 2.05 bits per heavy atom. The van der Waals surface area contributed by atoms with Gasteiger partial charge in [-0.3, -0.25) is 9.59 Å². The predicted molar refractivity (Wildman–Crippen MR) is 78.6 cm³/mol. The summed E-state index contributed by atoms with van der Waals surface area (Å²) in [4.78, 5) is 25.2. The van der Waals surface area contributed by atoms with Gasteiger partial charge < -0.3 is 15.0 Å². The first-order chi connectivity index (χ1) is 9.50. The average Bonchev–Trinajstić information content (AvgIpc) is 2.43. The Labute approximate surface area is 123 Å². The van der Waals surface area contributed by atoms with Crippen molar-refractivity contribution in [1.29, 1.82) is 0 Å². The number of carbonyl (C=O) groups excluding carboxylic acids is 2. The third kappa shape index (κ3) is 3.07. The van der Waals surface area contributed by atoms with Crippen LogP contribution in [0.15, 0.2) is 30.3 Å². The first-order valence-electron chi connectivity index (χ1n) is 6.48. The van der Waals surface area contributed by atoms with Crippen molar-refractivity contribution in [3.8, 4) is 5.75 Å². The van der Waals surface area contributed by atoms with Crippen LogP contribution in [0.25, 0.3) is 0 Å². The number of ether oxygens (including phenoxy) is 1. The zero-order valence-corrected chi connectivity index (χ0v) is 12.3. The molecule has 0 aliphatic carbocycles. The number of nitrogens with one attached hydrogen (secondary N) is 1. The molecule has 0 aromatic heterocycles. The van der Waals surface area contributed by atoms with Gasteiger partial charge >= 0.3 is 0 Å². The van der Waals surface area contributed by atoms with E-state index in [0.717, 1.165) is 0 Å². The van der Waals surface area contributed by atoms with Crippen LogP contribution in [0.3, 0.4) is 0 Å². The highest BCUT2D eigenvalue weighted by Gasteiger charge is 2.47. The van der Waals surface area contributed by atoms with E-state index in [2.05, 4.69) is 17.9 Å². The lowest BCUT2D eigenvalue weighted by molar-refractivity contribution is -0.151. The Kier molecular flexibility index (Phi) is 4.54. The number of likely N-dealkylation sites (tertiary alicyclic amines) is 1. The summed E-state index contributed by atoms with van der Waals surface area (Å²) < 4.78 is 5.32. The molecule has 1 aliphatic rings. The normalized spacial score (nSPS) is 21.6. The molecule has 2 rings (SSSR count). The minimum atomic E-state index is -0.562. The monoisotopic (exact) mass is 294 g/mol. The molecule has 0 saturated carbocycles. The second-order valence-electron chi connectivity index (χ2n) is 4.90. The molecule has 0 spiro atoms. The largest absolute Gasteiger partial charge is 0.484 e. The lowest BCUT2D eigenvalue weighted by atomic mass is 10.0. The number of nitrogens with zero attached hydrogens (tertiary/aromatic N) is 1. The molecule has 6 heteroatoms. The van der Waals surface area contributed by atoms with Crippen molar-refractivity contribution in [2.45, 2.75) is 31.3 Å². The Bertz CT molecular complexity index is 492. The van der Waals surface area contributed by atoms with Crippen LogP contribution in [-0.4, -0.2) is 40.8 Å². The van der Waals surface area contributed by atoms with Crippen LogP contribution in [0.1, 0.15) is 13.8 Å². The van der Waals surface area contributed by atoms with Gasteiger partial charge in [0, 0.05) is 6.04 Å². The minimum absolute atomic E-state index is 0.0821. The maximum Gasteiger partial charge on any atom is 0.258 e. The van der Waals surface area contributed by atoms with Gasteiger partial charge in [-0.1, -0.05) is 18.2 Å². The molecule has 1 saturated heterocycles. The van der Waals surface area contributed by atoms with E-state index in [1.165, 1.54) is 0 Å². The van der Waals surface area contributed by atoms with Crippen LogP contribution in [0.2, 0.25) is 0 Å². The molecule has 1 aliphatic heterocycles. The van der Waals surface area contributed by atoms with Crippen molar-refractivity contribution in [3.05, 3.63) is 30.3 Å². The van der Waals surface area contributed by atoms with Crippen molar-refractivity contribution in [2.75, 3.05) is 6.61 Å². The van der Waals surface area contributed by atoms with E-state index in [-0.39, 0.29) is 29.8 Å². The highest BCUT2D eigenvalue weighted by Crippen LogP contribution is 2.25. The van der Waals surface area contributed by atoms with Crippen LogP contribution in [0.4, 0.5) is 0 Å². The number of thiol groups is 1. The lowest BCUT2D eigenvalue weighted by Gasteiger charge is -2.47. The molecule has 1 N–H and O–H groups in total. The quantitative estimate of drug-likeness (QED) is 0.630. The number of rotatable bonds is 5. The number of benzene rings is 1. The van der Waals surface area contributed by atoms with Crippen LogP contribution < -0.4 is 10.1 Å². The Balaban J connectivity index is 1.80. The highest BCUT2D eigenvalue weighted by molar-refractivity contribution is 7.81. The molecule has 0 bridgehead atoms. The molecule has 0 radical (unpaired) electrons. The van der Waals surface area contributed by atoms with Crippen molar-refractivity contribution < 1.29 is 14.3 Å². The van der Waals surface area contributed by atoms with E-state index in [4.69, 9.17) is 4.74 Å². The predicted octanol–water partition coefficient (Wildman–Crippen LogP) is 1.06. The molecule has 5 nitrogen and oxygen atoms in total. The minimum Gasteiger partial charge on any atom is -0.484 e. The van der Waals surface area contributed by atoms with Gasteiger partial charge in [0.25, 0.3) is 5.91 Å². The molecule has 20 heavy (non-hydrogen) atoms. The molecule has 1 unspecified atom stereocenters. The van der Waals surface area contributed by atoms with Crippen LogP contribution in [0.5, 0.6) is 5.75 Å². The smallest absolute Gasteiger partial charge is 0.258 e. The van der Waals surface area contributed by atoms with Crippen LogP contribution in [-0.2, 0) is 9.59 Å². The fourth-order valence-corrected chi connectivity index (χ4v) is 2.66. The molecule has 108 valence electrons. The van der Waals surface area contributed by atoms with Crippen molar-refractivity contribution in [3.63, 3.8) is 0 Å². The van der Waals surface area contributed by atoms with E-state index >= 15 is 0 Å². The number of hydrogen-bond donors (Lipinski definition) is 2. The topological polar surface area (TPSA) is 58.6 Å². The van der Waals surface area contributed by atoms with Gasteiger partial charge in [0.15, 0.2) is 6.61 Å². The molecule has 2 atom stereocenters. The average molecular weight is 294 g/mol. The second kappa shape index (κ2) is 6.17. The molecule has 2 amide bonds. The lowest BCUT2D eigenvalue weighted by Crippen LogP contribution is -2.70. The summed E-state index contributed by atoms with van der Waals surface area (Å²) in [6.45, 7) is 3.71. The first-order valence-corrected chi connectivity index (χ1v) is 7.00. The summed E-state index contributed by atoms with van der Waals surface area (Å²) in [6, 6.07) is 8.57. The summed E-state index contributed by atoms with van der Waals surface area (Å²) in [5, 5.41) is 2.36. The van der Waals surface area contributed by atoms with Gasteiger partial charge in [-0.2, -0.15) is 12.6 Å². The summed E-state index contributed by atoms with van der Waals surface area (Å²) in [5.41, 5.74) is 0. The maximum absolute atomic E-state index is 11.8. The maximum atomic E-state index is 11.8. The van der Waals surface area contributed by atoms with E-state index in [1.807, 2.05) is 32.0 Å². The van der Waals surface area contributed by atoms with Gasteiger partial charge in [0.1, 0.15) is 17.2 Å².